The zero-order valence-corrected chi connectivity index (χ0v) is 9.67. The van der Waals surface area contributed by atoms with Crippen LogP contribution in [0.4, 0.5) is 0 Å². The molecule has 86 valence electrons. The van der Waals surface area contributed by atoms with Crippen LogP contribution in [0.15, 0.2) is 0 Å². The van der Waals surface area contributed by atoms with Gasteiger partial charge in [0.25, 0.3) is 0 Å². The molecule has 1 aliphatic rings. The van der Waals surface area contributed by atoms with Crippen molar-refractivity contribution in [3.8, 4) is 12.3 Å². The van der Waals surface area contributed by atoms with Crippen LogP contribution in [0.2, 0.25) is 0 Å². The van der Waals surface area contributed by atoms with Crippen molar-refractivity contribution in [1.29, 1.82) is 0 Å². The molecule has 0 saturated heterocycles. The Bertz CT molecular complexity index is 328. The van der Waals surface area contributed by atoms with Gasteiger partial charge in [-0.15, -0.1) is 6.42 Å². The average molecular weight is 230 g/mol. The summed E-state index contributed by atoms with van der Waals surface area (Å²) in [4.78, 5) is 0. The van der Waals surface area contributed by atoms with Crippen molar-refractivity contribution in [1.82, 2.24) is 4.31 Å². The lowest BCUT2D eigenvalue weighted by atomic mass is 10.4. The molecule has 0 radical (unpaired) electrons. The summed E-state index contributed by atoms with van der Waals surface area (Å²) in [5.41, 5.74) is 5.30. The van der Waals surface area contributed by atoms with Gasteiger partial charge in [-0.05, 0) is 31.7 Å². The SMILES string of the molecule is C#CCN(CC1CC1)S(=O)(=O)CCCN. The third kappa shape index (κ3) is 4.20. The van der Waals surface area contributed by atoms with E-state index in [4.69, 9.17) is 12.2 Å². The van der Waals surface area contributed by atoms with Gasteiger partial charge in [0.05, 0.1) is 12.3 Å². The van der Waals surface area contributed by atoms with Crippen LogP contribution in [0.5, 0.6) is 0 Å². The normalized spacial score (nSPS) is 16.6. The zero-order valence-electron chi connectivity index (χ0n) is 8.85. The Morgan fingerprint density at radius 2 is 2.13 bits per heavy atom. The van der Waals surface area contributed by atoms with E-state index in [9.17, 15) is 8.42 Å². The number of rotatable bonds is 7. The van der Waals surface area contributed by atoms with Crippen LogP contribution in [-0.4, -0.2) is 38.1 Å². The third-order valence-corrected chi connectivity index (χ3v) is 4.30. The Morgan fingerprint density at radius 1 is 1.47 bits per heavy atom. The Kier molecular flexibility index (Phi) is 4.58. The molecule has 0 aliphatic heterocycles. The molecule has 5 heteroatoms. The van der Waals surface area contributed by atoms with Crippen LogP contribution in [0.3, 0.4) is 0 Å². The first-order chi connectivity index (χ1) is 7.10. The van der Waals surface area contributed by atoms with Crippen LogP contribution in [0.25, 0.3) is 0 Å². The van der Waals surface area contributed by atoms with E-state index in [0.717, 1.165) is 12.8 Å². The van der Waals surface area contributed by atoms with Crippen molar-refractivity contribution in [2.75, 3.05) is 25.4 Å². The lowest BCUT2D eigenvalue weighted by Crippen LogP contribution is -2.35. The van der Waals surface area contributed by atoms with Gasteiger partial charge in [-0.2, -0.15) is 4.31 Å². The molecule has 0 unspecified atom stereocenters. The highest BCUT2D eigenvalue weighted by Crippen LogP contribution is 2.30. The standard InChI is InChI=1S/C10H18N2O2S/c1-2-7-12(9-10-4-5-10)15(13,14)8-3-6-11/h1,10H,3-9,11H2. The lowest BCUT2D eigenvalue weighted by Gasteiger charge is -2.19. The maximum atomic E-state index is 11.8. The number of hydrogen-bond donors (Lipinski definition) is 1. The smallest absolute Gasteiger partial charge is 0.215 e. The second-order valence-electron chi connectivity index (χ2n) is 3.90. The summed E-state index contributed by atoms with van der Waals surface area (Å²) in [6.07, 6.45) is 7.90. The number of terminal acetylenes is 1. The molecule has 0 heterocycles. The molecule has 15 heavy (non-hydrogen) atoms. The van der Waals surface area contributed by atoms with Gasteiger partial charge in [0.2, 0.25) is 10.0 Å². The first-order valence-corrected chi connectivity index (χ1v) is 6.82. The van der Waals surface area contributed by atoms with E-state index in [1.165, 1.54) is 4.31 Å². The molecule has 0 aromatic heterocycles. The number of hydrogen-bond acceptors (Lipinski definition) is 3. The minimum absolute atomic E-state index is 0.109. The minimum atomic E-state index is -3.19. The van der Waals surface area contributed by atoms with Gasteiger partial charge in [0.1, 0.15) is 0 Å². The average Bonchev–Trinajstić information content (AvgIpc) is 2.98. The quantitative estimate of drug-likeness (QED) is 0.627. The fraction of sp³-hybridized carbons (Fsp3) is 0.800. The highest BCUT2D eigenvalue weighted by Gasteiger charge is 2.29. The first-order valence-electron chi connectivity index (χ1n) is 5.21. The monoisotopic (exact) mass is 230 g/mol. The highest BCUT2D eigenvalue weighted by atomic mass is 32.2. The summed E-state index contributed by atoms with van der Waals surface area (Å²) in [7, 11) is -3.19. The molecule has 1 saturated carbocycles. The van der Waals surface area contributed by atoms with Gasteiger partial charge in [-0.25, -0.2) is 8.42 Å². The van der Waals surface area contributed by atoms with E-state index in [1.54, 1.807) is 0 Å². The van der Waals surface area contributed by atoms with Gasteiger partial charge in [-0.3, -0.25) is 0 Å². The summed E-state index contributed by atoms with van der Waals surface area (Å²) in [5.74, 6) is 3.03. The maximum Gasteiger partial charge on any atom is 0.215 e. The summed E-state index contributed by atoms with van der Waals surface area (Å²) in [6.45, 7) is 1.16. The van der Waals surface area contributed by atoms with Crippen LogP contribution in [-0.2, 0) is 10.0 Å². The fourth-order valence-corrected chi connectivity index (χ4v) is 2.86. The van der Waals surface area contributed by atoms with Gasteiger partial charge < -0.3 is 5.73 Å². The van der Waals surface area contributed by atoms with E-state index >= 15 is 0 Å². The third-order valence-electron chi connectivity index (χ3n) is 2.43. The molecule has 4 nitrogen and oxygen atoms in total. The van der Waals surface area contributed by atoms with Gasteiger partial charge in [-0.1, -0.05) is 5.92 Å². The van der Waals surface area contributed by atoms with Gasteiger partial charge in [0.15, 0.2) is 0 Å². The number of nitrogens with zero attached hydrogens (tertiary/aromatic N) is 1. The molecule has 0 amide bonds. The summed E-state index contributed by atoms with van der Waals surface area (Å²) in [6, 6.07) is 0. The van der Waals surface area contributed by atoms with E-state index in [2.05, 4.69) is 5.92 Å². The summed E-state index contributed by atoms with van der Waals surface area (Å²) in [5, 5.41) is 0. The second-order valence-corrected chi connectivity index (χ2v) is 5.99. The molecule has 1 rings (SSSR count). The maximum absolute atomic E-state index is 11.8. The Labute approximate surface area is 91.9 Å². The van der Waals surface area contributed by atoms with Crippen molar-refractivity contribution >= 4 is 10.0 Å². The molecule has 0 bridgehead atoms. The van der Waals surface area contributed by atoms with Gasteiger partial charge >= 0.3 is 0 Å². The number of nitrogens with two attached hydrogens (primary N) is 1. The fourth-order valence-electron chi connectivity index (χ4n) is 1.36. The predicted octanol–water partition coefficient (Wildman–Crippen LogP) is 0.0102. The van der Waals surface area contributed by atoms with Crippen LogP contribution in [0.1, 0.15) is 19.3 Å². The van der Waals surface area contributed by atoms with Crippen LogP contribution in [0, 0.1) is 18.3 Å². The second kappa shape index (κ2) is 5.50. The molecule has 0 spiro atoms. The van der Waals surface area contributed by atoms with E-state index < -0.39 is 10.0 Å². The molecular formula is C10H18N2O2S. The van der Waals surface area contributed by atoms with Gasteiger partial charge in [0, 0.05) is 6.54 Å². The molecule has 0 aromatic rings. The first kappa shape index (κ1) is 12.5. The van der Waals surface area contributed by atoms with Crippen LogP contribution < -0.4 is 5.73 Å². The molecule has 1 fully saturated rings. The van der Waals surface area contributed by atoms with E-state index in [1.807, 2.05) is 0 Å². The predicted molar refractivity (Wildman–Crippen MR) is 60.6 cm³/mol. The highest BCUT2D eigenvalue weighted by molar-refractivity contribution is 7.89. The van der Waals surface area contributed by atoms with Crippen molar-refractivity contribution in [2.24, 2.45) is 11.7 Å². The molecular weight excluding hydrogens is 212 g/mol. The van der Waals surface area contributed by atoms with Crippen molar-refractivity contribution in [3.63, 3.8) is 0 Å². The van der Waals surface area contributed by atoms with Crippen LogP contribution >= 0.6 is 0 Å². The summed E-state index contributed by atoms with van der Waals surface area (Å²) >= 11 is 0. The van der Waals surface area contributed by atoms with Crippen molar-refractivity contribution in [3.05, 3.63) is 0 Å². The molecule has 0 aromatic carbocycles. The Balaban J connectivity index is 2.55. The molecule has 2 N–H and O–H groups in total. The Hall–Kier alpha value is -0.570. The number of sulfonamides is 1. The van der Waals surface area contributed by atoms with Crippen molar-refractivity contribution < 1.29 is 8.42 Å². The van der Waals surface area contributed by atoms with Crippen molar-refractivity contribution in [2.45, 2.75) is 19.3 Å². The largest absolute Gasteiger partial charge is 0.330 e. The lowest BCUT2D eigenvalue weighted by molar-refractivity contribution is 0.429. The molecule has 1 aliphatic carbocycles. The van der Waals surface area contributed by atoms with E-state index in [-0.39, 0.29) is 12.3 Å². The minimum Gasteiger partial charge on any atom is -0.330 e. The summed E-state index contributed by atoms with van der Waals surface area (Å²) < 4.78 is 25.1. The van der Waals surface area contributed by atoms with E-state index in [0.29, 0.717) is 25.4 Å². The Morgan fingerprint density at radius 3 is 2.60 bits per heavy atom. The zero-order chi connectivity index (χ0) is 11.3. The topological polar surface area (TPSA) is 63.4 Å². The molecule has 0 atom stereocenters.